The van der Waals surface area contributed by atoms with Crippen LogP contribution in [0.4, 0.5) is 8.78 Å². The molecule has 140 valence electrons. The Morgan fingerprint density at radius 1 is 1.11 bits per heavy atom. The summed E-state index contributed by atoms with van der Waals surface area (Å²) in [5.41, 5.74) is 2.43. The van der Waals surface area contributed by atoms with Gasteiger partial charge in [-0.05, 0) is 42.3 Å². The summed E-state index contributed by atoms with van der Waals surface area (Å²) in [7, 11) is 0. The summed E-state index contributed by atoms with van der Waals surface area (Å²) < 4.78 is 33.4. The number of amides is 1. The van der Waals surface area contributed by atoms with Crippen LogP contribution in [-0.2, 0) is 4.74 Å². The highest BCUT2D eigenvalue weighted by Crippen LogP contribution is 2.23. The van der Waals surface area contributed by atoms with Crippen LogP contribution >= 0.6 is 0 Å². The van der Waals surface area contributed by atoms with E-state index in [1.807, 2.05) is 6.92 Å². The second-order valence-corrected chi connectivity index (χ2v) is 5.78. The Bertz CT molecular complexity index is 923. The standard InChI is InChI=1S/C20H19F2N3O2/c1-2-27-10-9-24-20(26)19-12-23-13-25(19)16-6-3-14(4-7-16)15-5-8-17(21)18(22)11-15/h3-8,11-13H,2,9-10H2,1H3,(H,24,26). The Balaban J connectivity index is 1.77. The van der Waals surface area contributed by atoms with E-state index in [0.717, 1.165) is 23.4 Å². The molecular formula is C20H19F2N3O2. The van der Waals surface area contributed by atoms with Crippen molar-refractivity contribution in [1.29, 1.82) is 0 Å². The number of hydrogen-bond donors (Lipinski definition) is 1. The third-order valence-electron chi connectivity index (χ3n) is 4.01. The normalized spacial score (nSPS) is 10.8. The Morgan fingerprint density at radius 3 is 2.56 bits per heavy atom. The highest BCUT2D eigenvalue weighted by Gasteiger charge is 2.13. The van der Waals surface area contributed by atoms with Gasteiger partial charge in [0.2, 0.25) is 0 Å². The molecule has 5 nitrogen and oxygen atoms in total. The van der Waals surface area contributed by atoms with Crippen molar-refractivity contribution >= 4 is 5.91 Å². The molecule has 1 heterocycles. The van der Waals surface area contributed by atoms with Crippen molar-refractivity contribution in [2.24, 2.45) is 0 Å². The lowest BCUT2D eigenvalue weighted by Gasteiger charge is -2.10. The molecule has 0 aliphatic rings. The summed E-state index contributed by atoms with van der Waals surface area (Å²) in [5, 5.41) is 2.78. The lowest BCUT2D eigenvalue weighted by Crippen LogP contribution is -2.28. The number of imidazole rings is 1. The van der Waals surface area contributed by atoms with Gasteiger partial charge in [-0.15, -0.1) is 0 Å². The SMILES string of the molecule is CCOCCNC(=O)c1cncn1-c1ccc(-c2ccc(F)c(F)c2)cc1. The number of aromatic nitrogens is 2. The molecule has 0 bridgehead atoms. The summed E-state index contributed by atoms with van der Waals surface area (Å²) in [6.45, 7) is 3.34. The minimum absolute atomic E-state index is 0.253. The molecule has 0 aliphatic heterocycles. The third-order valence-corrected chi connectivity index (χ3v) is 4.01. The third kappa shape index (κ3) is 4.38. The van der Waals surface area contributed by atoms with E-state index in [0.29, 0.717) is 31.0 Å². The lowest BCUT2D eigenvalue weighted by atomic mass is 10.1. The average molecular weight is 371 g/mol. The molecular weight excluding hydrogens is 352 g/mol. The molecule has 1 N–H and O–H groups in total. The molecule has 3 aromatic rings. The fraction of sp³-hybridized carbons (Fsp3) is 0.200. The van der Waals surface area contributed by atoms with Crippen molar-refractivity contribution < 1.29 is 18.3 Å². The van der Waals surface area contributed by atoms with Crippen LogP contribution in [0.5, 0.6) is 0 Å². The molecule has 3 rings (SSSR count). The van der Waals surface area contributed by atoms with Crippen molar-refractivity contribution in [3.63, 3.8) is 0 Å². The molecule has 1 amide bonds. The average Bonchev–Trinajstić information content (AvgIpc) is 3.17. The Kier molecular flexibility index (Phi) is 5.93. The molecule has 0 saturated heterocycles. The van der Waals surface area contributed by atoms with E-state index in [-0.39, 0.29) is 5.91 Å². The van der Waals surface area contributed by atoms with Gasteiger partial charge < -0.3 is 10.1 Å². The second-order valence-electron chi connectivity index (χ2n) is 5.78. The molecule has 0 fully saturated rings. The lowest BCUT2D eigenvalue weighted by molar-refractivity contribution is 0.0916. The van der Waals surface area contributed by atoms with E-state index in [9.17, 15) is 13.6 Å². The number of rotatable bonds is 7. The van der Waals surface area contributed by atoms with E-state index in [1.54, 1.807) is 35.2 Å². The van der Waals surface area contributed by atoms with Gasteiger partial charge in [-0.1, -0.05) is 18.2 Å². The first kappa shape index (κ1) is 18.7. The van der Waals surface area contributed by atoms with Crippen LogP contribution in [0.25, 0.3) is 16.8 Å². The van der Waals surface area contributed by atoms with Gasteiger partial charge in [0.15, 0.2) is 11.6 Å². The van der Waals surface area contributed by atoms with Crippen molar-refractivity contribution in [2.75, 3.05) is 19.8 Å². The minimum atomic E-state index is -0.891. The van der Waals surface area contributed by atoms with Crippen molar-refractivity contribution in [3.8, 4) is 16.8 Å². The quantitative estimate of drug-likeness (QED) is 0.646. The topological polar surface area (TPSA) is 56.1 Å². The van der Waals surface area contributed by atoms with E-state index >= 15 is 0 Å². The molecule has 7 heteroatoms. The highest BCUT2D eigenvalue weighted by molar-refractivity contribution is 5.93. The van der Waals surface area contributed by atoms with Crippen LogP contribution in [0.3, 0.4) is 0 Å². The predicted octanol–water partition coefficient (Wildman–Crippen LogP) is 3.58. The number of ether oxygens (including phenoxy) is 1. The molecule has 27 heavy (non-hydrogen) atoms. The van der Waals surface area contributed by atoms with Gasteiger partial charge in [-0.2, -0.15) is 0 Å². The Morgan fingerprint density at radius 2 is 1.85 bits per heavy atom. The summed E-state index contributed by atoms with van der Waals surface area (Å²) in [4.78, 5) is 16.4. The van der Waals surface area contributed by atoms with Gasteiger partial charge in [0.25, 0.3) is 5.91 Å². The largest absolute Gasteiger partial charge is 0.380 e. The first-order valence-corrected chi connectivity index (χ1v) is 8.54. The van der Waals surface area contributed by atoms with Crippen molar-refractivity contribution in [1.82, 2.24) is 14.9 Å². The molecule has 0 radical (unpaired) electrons. The molecule has 0 unspecified atom stereocenters. The number of nitrogens with one attached hydrogen (secondary N) is 1. The molecule has 0 aliphatic carbocycles. The van der Waals surface area contributed by atoms with Gasteiger partial charge in [0.1, 0.15) is 5.69 Å². The fourth-order valence-corrected chi connectivity index (χ4v) is 2.63. The number of carbonyl (C=O) groups excluding carboxylic acids is 1. The monoisotopic (exact) mass is 371 g/mol. The molecule has 0 saturated carbocycles. The molecule has 0 atom stereocenters. The smallest absolute Gasteiger partial charge is 0.270 e. The number of benzene rings is 2. The number of hydrogen-bond acceptors (Lipinski definition) is 3. The Labute approximate surface area is 155 Å². The van der Waals surface area contributed by atoms with Crippen molar-refractivity contribution in [2.45, 2.75) is 6.92 Å². The maximum Gasteiger partial charge on any atom is 0.270 e. The predicted molar refractivity (Wildman–Crippen MR) is 97.7 cm³/mol. The maximum absolute atomic E-state index is 13.4. The van der Waals surface area contributed by atoms with E-state index in [4.69, 9.17) is 4.74 Å². The number of halogens is 2. The molecule has 1 aromatic heterocycles. The summed E-state index contributed by atoms with van der Waals surface area (Å²) >= 11 is 0. The first-order chi connectivity index (χ1) is 13.1. The van der Waals surface area contributed by atoms with Crippen molar-refractivity contribution in [3.05, 3.63) is 72.3 Å². The zero-order chi connectivity index (χ0) is 19.2. The highest BCUT2D eigenvalue weighted by atomic mass is 19.2. The van der Waals surface area contributed by atoms with Gasteiger partial charge in [-0.25, -0.2) is 13.8 Å². The zero-order valence-corrected chi connectivity index (χ0v) is 14.8. The summed E-state index contributed by atoms with van der Waals surface area (Å²) in [6.07, 6.45) is 3.03. The van der Waals surface area contributed by atoms with Gasteiger partial charge in [0.05, 0.1) is 19.1 Å². The summed E-state index contributed by atoms with van der Waals surface area (Å²) in [6, 6.07) is 10.9. The van der Waals surface area contributed by atoms with E-state index < -0.39 is 11.6 Å². The van der Waals surface area contributed by atoms with E-state index in [1.165, 1.54) is 12.3 Å². The van der Waals surface area contributed by atoms with Gasteiger partial charge >= 0.3 is 0 Å². The molecule has 2 aromatic carbocycles. The van der Waals surface area contributed by atoms with Crippen LogP contribution in [0.2, 0.25) is 0 Å². The van der Waals surface area contributed by atoms with Gasteiger partial charge in [0, 0.05) is 18.8 Å². The minimum Gasteiger partial charge on any atom is -0.380 e. The van der Waals surface area contributed by atoms with Gasteiger partial charge in [-0.3, -0.25) is 9.36 Å². The van der Waals surface area contributed by atoms with E-state index in [2.05, 4.69) is 10.3 Å². The summed E-state index contributed by atoms with van der Waals surface area (Å²) in [5.74, 6) is -2.03. The van der Waals surface area contributed by atoms with Crippen LogP contribution in [0, 0.1) is 11.6 Å². The number of nitrogens with zero attached hydrogens (tertiary/aromatic N) is 2. The second kappa shape index (κ2) is 8.55. The van der Waals surface area contributed by atoms with Crippen LogP contribution in [0.1, 0.15) is 17.4 Å². The molecule has 0 spiro atoms. The first-order valence-electron chi connectivity index (χ1n) is 8.54. The Hall–Kier alpha value is -3.06. The number of carbonyl (C=O) groups is 1. The zero-order valence-electron chi connectivity index (χ0n) is 14.8. The maximum atomic E-state index is 13.4. The van der Waals surface area contributed by atoms with Crippen LogP contribution < -0.4 is 5.32 Å². The fourth-order valence-electron chi connectivity index (χ4n) is 2.63. The van der Waals surface area contributed by atoms with Crippen LogP contribution in [0.15, 0.2) is 55.0 Å². The van der Waals surface area contributed by atoms with Crippen LogP contribution in [-0.4, -0.2) is 35.2 Å².